The molecule has 1 fully saturated rings. The Morgan fingerprint density at radius 3 is 2.41 bits per heavy atom. The molecule has 0 amide bonds. The van der Waals surface area contributed by atoms with Crippen molar-refractivity contribution in [3.8, 4) is 11.4 Å². The number of benzene rings is 2. The first-order valence-corrected chi connectivity index (χ1v) is 11.2. The van der Waals surface area contributed by atoms with E-state index in [0.717, 1.165) is 34.2 Å². The summed E-state index contributed by atoms with van der Waals surface area (Å²) in [4.78, 5) is 4.94. The number of hydrogen-bond acceptors (Lipinski definition) is 5. The topological polar surface area (TPSA) is 76.3 Å². The normalized spacial score (nSPS) is 17.7. The van der Waals surface area contributed by atoms with E-state index in [2.05, 4.69) is 10.1 Å². The zero-order valence-corrected chi connectivity index (χ0v) is 18.0. The van der Waals surface area contributed by atoms with Crippen molar-refractivity contribution in [2.45, 2.75) is 51.5 Å². The molecule has 1 saturated heterocycles. The molecule has 0 radical (unpaired) electrons. The van der Waals surface area contributed by atoms with Crippen molar-refractivity contribution in [2.24, 2.45) is 0 Å². The quantitative estimate of drug-likeness (QED) is 0.632. The smallest absolute Gasteiger partial charge is 0.245 e. The van der Waals surface area contributed by atoms with Crippen molar-refractivity contribution < 1.29 is 12.9 Å². The highest BCUT2D eigenvalue weighted by atomic mass is 32.2. The molecular formula is C22H25N3O3S. The van der Waals surface area contributed by atoms with Gasteiger partial charge in [0, 0.05) is 12.1 Å². The highest BCUT2D eigenvalue weighted by Gasteiger charge is 2.40. The summed E-state index contributed by atoms with van der Waals surface area (Å²) in [6.07, 6.45) is 1.43. The van der Waals surface area contributed by atoms with Crippen LogP contribution < -0.4 is 0 Å². The first kappa shape index (κ1) is 19.8. The lowest BCUT2D eigenvalue weighted by atomic mass is 10.1. The molecule has 2 heterocycles. The zero-order chi connectivity index (χ0) is 20.8. The number of nitrogens with zero attached hydrogens (tertiary/aromatic N) is 3. The molecule has 152 valence electrons. The third kappa shape index (κ3) is 3.49. The van der Waals surface area contributed by atoms with Crippen LogP contribution >= 0.6 is 0 Å². The highest BCUT2D eigenvalue weighted by molar-refractivity contribution is 7.89. The molecule has 1 aromatic heterocycles. The van der Waals surface area contributed by atoms with Crippen molar-refractivity contribution in [1.29, 1.82) is 0 Å². The van der Waals surface area contributed by atoms with Crippen LogP contribution in [0.3, 0.4) is 0 Å². The van der Waals surface area contributed by atoms with Gasteiger partial charge in [0.1, 0.15) is 6.04 Å². The summed E-state index contributed by atoms with van der Waals surface area (Å²) in [5, 5.41) is 4.12. The Morgan fingerprint density at radius 2 is 1.72 bits per heavy atom. The number of aromatic nitrogens is 2. The largest absolute Gasteiger partial charge is 0.337 e. The molecule has 1 aliphatic heterocycles. The second-order valence-electron chi connectivity index (χ2n) is 7.77. The number of hydrogen-bond donors (Lipinski definition) is 0. The van der Waals surface area contributed by atoms with Crippen LogP contribution in [-0.2, 0) is 10.0 Å². The van der Waals surface area contributed by atoms with E-state index >= 15 is 0 Å². The fourth-order valence-electron chi connectivity index (χ4n) is 4.27. The summed E-state index contributed by atoms with van der Waals surface area (Å²) >= 11 is 0. The van der Waals surface area contributed by atoms with Crippen LogP contribution in [0.2, 0.25) is 0 Å². The molecule has 0 bridgehead atoms. The van der Waals surface area contributed by atoms with E-state index in [0.29, 0.717) is 29.6 Å². The van der Waals surface area contributed by atoms with Crippen molar-refractivity contribution in [1.82, 2.24) is 14.4 Å². The number of sulfonamides is 1. The summed E-state index contributed by atoms with van der Waals surface area (Å²) in [7, 11) is -3.67. The summed E-state index contributed by atoms with van der Waals surface area (Å²) in [6, 6.07) is 11.2. The van der Waals surface area contributed by atoms with Gasteiger partial charge in [0.25, 0.3) is 0 Å². The van der Waals surface area contributed by atoms with E-state index in [-0.39, 0.29) is 0 Å². The van der Waals surface area contributed by atoms with Gasteiger partial charge in [0.05, 0.1) is 4.90 Å². The van der Waals surface area contributed by atoms with Crippen molar-refractivity contribution in [2.75, 3.05) is 6.54 Å². The fourth-order valence-corrected chi connectivity index (χ4v) is 6.34. The fraction of sp³-hybridized carbons (Fsp3) is 0.364. The summed E-state index contributed by atoms with van der Waals surface area (Å²) in [6.45, 7) is 8.10. The first-order valence-electron chi connectivity index (χ1n) is 9.78. The molecule has 2 aromatic carbocycles. The standard InChI is InChI=1S/C22H25N3O3S/c1-14-12-16(3)20(17(4)13-14)29(26,27)25-11-7-10-19(25)22-23-21(24-28-22)18-9-6-5-8-15(18)2/h5-6,8-9,12-13,19H,7,10-11H2,1-4H3. The van der Waals surface area contributed by atoms with Gasteiger partial charge < -0.3 is 4.52 Å². The summed E-state index contributed by atoms with van der Waals surface area (Å²) in [5.74, 6) is 0.844. The van der Waals surface area contributed by atoms with E-state index in [9.17, 15) is 8.42 Å². The molecule has 0 N–H and O–H groups in total. The Hall–Kier alpha value is -2.51. The van der Waals surface area contributed by atoms with Crippen molar-refractivity contribution >= 4 is 10.0 Å². The van der Waals surface area contributed by atoms with Gasteiger partial charge in [-0.2, -0.15) is 9.29 Å². The Labute approximate surface area is 171 Å². The van der Waals surface area contributed by atoms with E-state index < -0.39 is 16.1 Å². The molecule has 0 aliphatic carbocycles. The van der Waals surface area contributed by atoms with Gasteiger partial charge in [-0.05, 0) is 57.2 Å². The lowest BCUT2D eigenvalue weighted by molar-refractivity contribution is 0.290. The monoisotopic (exact) mass is 411 g/mol. The molecule has 3 aromatic rings. The van der Waals surface area contributed by atoms with Crippen molar-refractivity contribution in [3.05, 3.63) is 64.5 Å². The molecule has 0 saturated carbocycles. The maximum Gasteiger partial charge on any atom is 0.245 e. The Morgan fingerprint density at radius 1 is 1.03 bits per heavy atom. The SMILES string of the molecule is Cc1cc(C)c(S(=O)(=O)N2CCCC2c2nc(-c3ccccc3C)no2)c(C)c1. The van der Waals surface area contributed by atoms with Gasteiger partial charge in [-0.15, -0.1) is 0 Å². The van der Waals surface area contributed by atoms with Gasteiger partial charge >= 0.3 is 0 Å². The van der Waals surface area contributed by atoms with Gasteiger partial charge in [0.2, 0.25) is 21.7 Å². The van der Waals surface area contributed by atoms with Gasteiger partial charge in [-0.1, -0.05) is 47.1 Å². The van der Waals surface area contributed by atoms with E-state index in [1.165, 1.54) is 4.31 Å². The van der Waals surface area contributed by atoms with Crippen LogP contribution in [0.25, 0.3) is 11.4 Å². The van der Waals surface area contributed by atoms with Gasteiger partial charge in [-0.25, -0.2) is 8.42 Å². The second kappa shape index (κ2) is 7.39. The second-order valence-corrected chi connectivity index (χ2v) is 9.60. The first-order chi connectivity index (χ1) is 13.8. The molecule has 0 spiro atoms. The van der Waals surface area contributed by atoms with E-state index in [1.54, 1.807) is 0 Å². The highest BCUT2D eigenvalue weighted by Crippen LogP contribution is 2.38. The van der Waals surface area contributed by atoms with Crippen LogP contribution in [-0.4, -0.2) is 29.4 Å². The minimum Gasteiger partial charge on any atom is -0.337 e. The molecular weight excluding hydrogens is 386 g/mol. The van der Waals surface area contributed by atoms with E-state index in [1.807, 2.05) is 64.1 Å². The van der Waals surface area contributed by atoms with Crippen LogP contribution in [0, 0.1) is 27.7 Å². The third-order valence-corrected chi connectivity index (χ3v) is 7.70. The maximum absolute atomic E-state index is 13.5. The summed E-state index contributed by atoms with van der Waals surface area (Å²) < 4.78 is 34.1. The molecule has 1 aliphatic rings. The van der Waals surface area contributed by atoms with Crippen LogP contribution in [0.4, 0.5) is 0 Å². The van der Waals surface area contributed by atoms with Crippen molar-refractivity contribution in [3.63, 3.8) is 0 Å². The van der Waals surface area contributed by atoms with Crippen LogP contribution in [0.15, 0.2) is 45.8 Å². The number of aryl methyl sites for hydroxylation is 4. The zero-order valence-electron chi connectivity index (χ0n) is 17.1. The minimum atomic E-state index is -3.67. The predicted molar refractivity (Wildman–Crippen MR) is 111 cm³/mol. The molecule has 1 atom stereocenters. The van der Waals surface area contributed by atoms with Gasteiger partial charge in [0.15, 0.2) is 0 Å². The lowest BCUT2D eigenvalue weighted by Gasteiger charge is -2.23. The van der Waals surface area contributed by atoms with E-state index in [4.69, 9.17) is 4.52 Å². The average molecular weight is 412 g/mol. The molecule has 4 rings (SSSR count). The third-order valence-electron chi connectivity index (χ3n) is 5.49. The Kier molecular flexibility index (Phi) is 5.04. The molecule has 7 heteroatoms. The Bertz CT molecular complexity index is 1140. The lowest BCUT2D eigenvalue weighted by Crippen LogP contribution is -2.32. The maximum atomic E-state index is 13.5. The molecule has 29 heavy (non-hydrogen) atoms. The molecule has 1 unspecified atom stereocenters. The molecule has 6 nitrogen and oxygen atoms in total. The Balaban J connectivity index is 1.71. The van der Waals surface area contributed by atoms with Gasteiger partial charge in [-0.3, -0.25) is 0 Å². The van der Waals surface area contributed by atoms with Crippen LogP contribution in [0.1, 0.15) is 47.0 Å². The van der Waals surface area contributed by atoms with Crippen LogP contribution in [0.5, 0.6) is 0 Å². The average Bonchev–Trinajstić information content (AvgIpc) is 3.30. The number of rotatable bonds is 4. The predicted octanol–water partition coefficient (Wildman–Crippen LogP) is 4.50. The summed E-state index contributed by atoms with van der Waals surface area (Å²) in [5.41, 5.74) is 4.51. The minimum absolute atomic E-state index is 0.353.